The molecule has 0 aromatic heterocycles. The van der Waals surface area contributed by atoms with Crippen molar-refractivity contribution in [2.45, 2.75) is 97.6 Å². The number of ketones is 1. The summed E-state index contributed by atoms with van der Waals surface area (Å²) in [6.45, 7) is 9.54. The van der Waals surface area contributed by atoms with Gasteiger partial charge in [0.15, 0.2) is 0 Å². The molecule has 0 aromatic carbocycles. The number of rotatable bonds is 11. The number of fused-ring (bicyclic) bond motifs is 1. The first-order valence-corrected chi connectivity index (χ1v) is 12.2. The number of carbonyl (C=O) groups excluding carboxylic acids is 2. The van der Waals surface area contributed by atoms with Crippen LogP contribution in [0.15, 0.2) is 23.8 Å². The predicted octanol–water partition coefficient (Wildman–Crippen LogP) is 3.58. The number of aliphatic hydroxyl groups excluding tert-OH is 3. The van der Waals surface area contributed by atoms with Crippen LogP contribution in [-0.2, 0) is 14.3 Å². The summed E-state index contributed by atoms with van der Waals surface area (Å²) in [7, 11) is 0. The van der Waals surface area contributed by atoms with Gasteiger partial charge >= 0.3 is 5.97 Å². The Morgan fingerprint density at radius 2 is 1.88 bits per heavy atom. The minimum Gasteiger partial charge on any atom is -0.461 e. The Kier molecular flexibility index (Phi) is 10.1. The number of Topliss-reactive ketones (excluding diaryl/α,β-unsaturated/α-hetero) is 1. The molecule has 8 atom stereocenters. The summed E-state index contributed by atoms with van der Waals surface area (Å²) in [6, 6.07) is 0. The molecular formula is C26H42O6. The Hall–Kier alpha value is -1.50. The smallest absolute Gasteiger partial charge is 0.308 e. The fraction of sp³-hybridized carbons (Fsp3) is 0.769. The van der Waals surface area contributed by atoms with Gasteiger partial charge in [-0.25, -0.2) is 0 Å². The zero-order valence-corrected chi connectivity index (χ0v) is 20.2. The van der Waals surface area contributed by atoms with E-state index in [0.717, 1.165) is 5.57 Å². The Morgan fingerprint density at radius 1 is 1.19 bits per heavy atom. The Balaban J connectivity index is 2.05. The Morgan fingerprint density at radius 3 is 2.50 bits per heavy atom. The number of esters is 1. The summed E-state index contributed by atoms with van der Waals surface area (Å²) in [6.07, 6.45) is 5.93. The van der Waals surface area contributed by atoms with Crippen molar-refractivity contribution in [1.82, 2.24) is 0 Å². The van der Waals surface area contributed by atoms with Crippen LogP contribution in [0.4, 0.5) is 0 Å². The number of hydrogen-bond donors (Lipinski definition) is 3. The van der Waals surface area contributed by atoms with Crippen molar-refractivity contribution in [2.24, 2.45) is 29.6 Å². The summed E-state index contributed by atoms with van der Waals surface area (Å²) < 4.78 is 5.89. The van der Waals surface area contributed by atoms with E-state index in [0.29, 0.717) is 25.7 Å². The minimum absolute atomic E-state index is 0.00255. The maximum absolute atomic E-state index is 12.5. The zero-order chi connectivity index (χ0) is 24.0. The molecule has 182 valence electrons. The molecule has 3 N–H and O–H groups in total. The first-order valence-electron chi connectivity index (χ1n) is 12.2. The third kappa shape index (κ3) is 7.26. The van der Waals surface area contributed by atoms with Crippen LogP contribution in [-0.4, -0.2) is 51.5 Å². The highest BCUT2D eigenvalue weighted by atomic mass is 16.5. The van der Waals surface area contributed by atoms with Crippen molar-refractivity contribution in [1.29, 1.82) is 0 Å². The van der Waals surface area contributed by atoms with E-state index in [2.05, 4.69) is 13.0 Å². The predicted molar refractivity (Wildman–Crippen MR) is 124 cm³/mol. The molecule has 6 heteroatoms. The average molecular weight is 451 g/mol. The van der Waals surface area contributed by atoms with Crippen molar-refractivity contribution in [3.05, 3.63) is 23.8 Å². The minimum atomic E-state index is -0.840. The number of allylic oxidation sites excluding steroid dienone is 2. The van der Waals surface area contributed by atoms with Gasteiger partial charge in [0, 0.05) is 24.7 Å². The quantitative estimate of drug-likeness (QED) is 0.416. The molecule has 0 bridgehead atoms. The molecule has 0 unspecified atom stereocenters. The first-order chi connectivity index (χ1) is 15.0. The topological polar surface area (TPSA) is 104 Å². The van der Waals surface area contributed by atoms with Crippen LogP contribution < -0.4 is 0 Å². The van der Waals surface area contributed by atoms with Crippen molar-refractivity contribution < 1.29 is 29.6 Å². The summed E-state index contributed by atoms with van der Waals surface area (Å²) in [4.78, 5) is 24.3. The van der Waals surface area contributed by atoms with Crippen LogP contribution in [0.3, 0.4) is 0 Å². The summed E-state index contributed by atoms with van der Waals surface area (Å²) in [5.41, 5.74) is 0.992. The number of ether oxygens (including phenoxy) is 1. The molecular weight excluding hydrogens is 408 g/mol. The molecule has 0 aromatic rings. The molecule has 2 aliphatic rings. The molecule has 6 nitrogen and oxygen atoms in total. The van der Waals surface area contributed by atoms with Crippen molar-refractivity contribution >= 4 is 11.8 Å². The highest BCUT2D eigenvalue weighted by Gasteiger charge is 2.42. The van der Waals surface area contributed by atoms with Crippen molar-refractivity contribution in [2.75, 3.05) is 0 Å². The van der Waals surface area contributed by atoms with E-state index in [1.165, 1.54) is 0 Å². The van der Waals surface area contributed by atoms with Gasteiger partial charge in [-0.1, -0.05) is 52.8 Å². The third-order valence-electron chi connectivity index (χ3n) is 7.11. The van der Waals surface area contributed by atoms with E-state index < -0.39 is 24.4 Å². The second-order valence-electron chi connectivity index (χ2n) is 10.1. The molecule has 0 aliphatic heterocycles. The summed E-state index contributed by atoms with van der Waals surface area (Å²) in [5, 5.41) is 31.0. The maximum atomic E-state index is 12.5. The molecule has 32 heavy (non-hydrogen) atoms. The maximum Gasteiger partial charge on any atom is 0.308 e. The zero-order valence-electron chi connectivity index (χ0n) is 20.2. The normalized spacial score (nSPS) is 30.3. The SMILES string of the molecule is CC[C@H](C)C(=O)O[C@H]1C[C@H](O)C=C2C=C[C@H](C)[C@H](CC[C@H](O)C[C@H](O)CC(=O)C(C)C)[C@H]21. The molecule has 0 saturated carbocycles. The molecule has 2 aliphatic carbocycles. The van der Waals surface area contributed by atoms with Crippen LogP contribution in [0.1, 0.15) is 73.1 Å². The van der Waals surface area contributed by atoms with Crippen molar-refractivity contribution in [3.63, 3.8) is 0 Å². The van der Waals surface area contributed by atoms with E-state index >= 15 is 0 Å². The van der Waals surface area contributed by atoms with Gasteiger partial charge in [0.1, 0.15) is 11.9 Å². The Bertz CT molecular complexity index is 696. The lowest BCUT2D eigenvalue weighted by atomic mass is 9.66. The number of aliphatic hydroxyl groups is 3. The van der Waals surface area contributed by atoms with E-state index in [4.69, 9.17) is 4.74 Å². The molecule has 2 rings (SSSR count). The lowest BCUT2D eigenvalue weighted by molar-refractivity contribution is -0.159. The largest absolute Gasteiger partial charge is 0.461 e. The molecule has 0 spiro atoms. The first kappa shape index (κ1) is 26.7. The summed E-state index contributed by atoms with van der Waals surface area (Å²) >= 11 is 0. The number of hydrogen-bond acceptors (Lipinski definition) is 6. The Labute approximate surface area is 192 Å². The van der Waals surface area contributed by atoms with Gasteiger partial charge < -0.3 is 20.1 Å². The lowest BCUT2D eigenvalue weighted by Gasteiger charge is -2.43. The van der Waals surface area contributed by atoms with Gasteiger partial charge in [-0.2, -0.15) is 0 Å². The van der Waals surface area contributed by atoms with E-state index in [1.54, 1.807) is 13.8 Å². The second-order valence-corrected chi connectivity index (χ2v) is 10.1. The molecule has 0 amide bonds. The standard InChI is InChI=1S/C26H42O6/c1-6-16(4)26(31)32-24-14-20(28)11-18-8-7-17(5)22(25(18)24)10-9-19(27)12-21(29)13-23(30)15(2)3/h7-8,11,15-17,19-22,24-25,27-29H,6,9-10,12-14H2,1-5H3/t16-,17-,19-,20+,21-,22-,24-,25-/m0/s1. The average Bonchev–Trinajstić information content (AvgIpc) is 2.72. The van der Waals surface area contributed by atoms with Gasteiger partial charge in [0.05, 0.1) is 24.2 Å². The fourth-order valence-corrected chi connectivity index (χ4v) is 4.79. The third-order valence-corrected chi connectivity index (χ3v) is 7.11. The highest BCUT2D eigenvalue weighted by molar-refractivity contribution is 5.80. The van der Waals surface area contributed by atoms with Crippen molar-refractivity contribution in [3.8, 4) is 0 Å². The van der Waals surface area contributed by atoms with E-state index in [1.807, 2.05) is 26.0 Å². The van der Waals surface area contributed by atoms with Crippen LogP contribution in [0.25, 0.3) is 0 Å². The second kappa shape index (κ2) is 12.1. The highest BCUT2D eigenvalue weighted by Crippen LogP contribution is 2.44. The van der Waals surface area contributed by atoms with Gasteiger partial charge in [-0.05, 0) is 43.1 Å². The van der Waals surface area contributed by atoms with Crippen LogP contribution >= 0.6 is 0 Å². The van der Waals surface area contributed by atoms with E-state index in [-0.39, 0.29) is 54.2 Å². The van der Waals surface area contributed by atoms with Gasteiger partial charge in [-0.3, -0.25) is 9.59 Å². The van der Waals surface area contributed by atoms with Crippen LogP contribution in [0.2, 0.25) is 0 Å². The molecule has 0 heterocycles. The summed E-state index contributed by atoms with van der Waals surface area (Å²) in [5.74, 6) is -0.186. The van der Waals surface area contributed by atoms with Gasteiger partial charge in [-0.15, -0.1) is 0 Å². The molecule has 0 radical (unpaired) electrons. The van der Waals surface area contributed by atoms with Crippen LogP contribution in [0, 0.1) is 29.6 Å². The monoisotopic (exact) mass is 450 g/mol. The van der Waals surface area contributed by atoms with Gasteiger partial charge in [0.25, 0.3) is 0 Å². The molecule has 0 fully saturated rings. The van der Waals surface area contributed by atoms with E-state index in [9.17, 15) is 24.9 Å². The lowest BCUT2D eigenvalue weighted by Crippen LogP contribution is -2.43. The fourth-order valence-electron chi connectivity index (χ4n) is 4.79. The molecule has 0 saturated heterocycles. The van der Waals surface area contributed by atoms with Crippen LogP contribution in [0.5, 0.6) is 0 Å². The van der Waals surface area contributed by atoms with Gasteiger partial charge in [0.2, 0.25) is 0 Å². The number of carbonyl (C=O) groups is 2.